The van der Waals surface area contributed by atoms with Gasteiger partial charge in [0.15, 0.2) is 0 Å². The second kappa shape index (κ2) is 8.55. The molecule has 0 aliphatic carbocycles. The molecular formula is C11H19NO2. The molecule has 0 saturated carbocycles. The molecule has 0 heterocycles. The molecule has 3 heteroatoms. The smallest absolute Gasteiger partial charge is 0.320 e. The van der Waals surface area contributed by atoms with Crippen LogP contribution in [0.4, 0.5) is 0 Å². The van der Waals surface area contributed by atoms with Crippen molar-refractivity contribution in [3.8, 4) is 6.07 Å². The number of nitriles is 1. The summed E-state index contributed by atoms with van der Waals surface area (Å²) in [7, 11) is 0. The summed E-state index contributed by atoms with van der Waals surface area (Å²) in [4.78, 5) is 11.0. The van der Waals surface area contributed by atoms with Crippen LogP contribution in [0.2, 0.25) is 0 Å². The number of ether oxygens (including phenoxy) is 1. The van der Waals surface area contributed by atoms with E-state index in [4.69, 9.17) is 10.00 Å². The van der Waals surface area contributed by atoms with E-state index in [1.807, 2.05) is 6.92 Å². The van der Waals surface area contributed by atoms with E-state index in [2.05, 4.69) is 6.92 Å². The third-order valence-corrected chi connectivity index (χ3v) is 2.11. The van der Waals surface area contributed by atoms with Gasteiger partial charge in [-0.25, -0.2) is 0 Å². The highest BCUT2D eigenvalue weighted by molar-refractivity contribution is 5.71. The van der Waals surface area contributed by atoms with E-state index in [0.717, 1.165) is 19.3 Å². The molecule has 0 saturated heterocycles. The SMILES string of the molecule is CCCCCC(CC)OC(=O)CC#N. The Bertz CT molecular complexity index is 196. The molecule has 0 amide bonds. The number of carbonyl (C=O) groups is 1. The van der Waals surface area contributed by atoms with Crippen LogP contribution in [0.15, 0.2) is 0 Å². The Morgan fingerprint density at radius 2 is 2.14 bits per heavy atom. The lowest BCUT2D eigenvalue weighted by atomic mass is 10.1. The molecule has 0 aliphatic rings. The molecule has 0 fully saturated rings. The topological polar surface area (TPSA) is 50.1 Å². The van der Waals surface area contributed by atoms with Gasteiger partial charge >= 0.3 is 5.97 Å². The lowest BCUT2D eigenvalue weighted by Gasteiger charge is -2.14. The highest BCUT2D eigenvalue weighted by Crippen LogP contribution is 2.10. The van der Waals surface area contributed by atoms with Crippen molar-refractivity contribution >= 4 is 5.97 Å². The Kier molecular flexibility index (Phi) is 7.92. The van der Waals surface area contributed by atoms with E-state index in [1.54, 1.807) is 6.07 Å². The summed E-state index contributed by atoms with van der Waals surface area (Å²) < 4.78 is 5.13. The minimum Gasteiger partial charge on any atom is -0.462 e. The van der Waals surface area contributed by atoms with E-state index < -0.39 is 5.97 Å². The lowest BCUT2D eigenvalue weighted by molar-refractivity contribution is -0.148. The molecule has 0 N–H and O–H groups in total. The van der Waals surface area contributed by atoms with Gasteiger partial charge in [-0.3, -0.25) is 4.79 Å². The standard InChI is InChI=1S/C11H19NO2/c1-3-5-6-7-10(4-2)14-11(13)8-9-12/h10H,3-8H2,1-2H3. The fourth-order valence-electron chi connectivity index (χ4n) is 1.26. The van der Waals surface area contributed by atoms with Gasteiger partial charge in [0.05, 0.1) is 6.07 Å². The second-order valence-corrected chi connectivity index (χ2v) is 3.35. The molecule has 1 unspecified atom stereocenters. The van der Waals surface area contributed by atoms with Crippen LogP contribution < -0.4 is 0 Å². The predicted molar refractivity (Wildman–Crippen MR) is 54.5 cm³/mol. The molecule has 0 aromatic carbocycles. The van der Waals surface area contributed by atoms with Crippen LogP contribution in [0.25, 0.3) is 0 Å². The van der Waals surface area contributed by atoms with Crippen molar-refractivity contribution in [3.63, 3.8) is 0 Å². The number of unbranched alkanes of at least 4 members (excludes halogenated alkanes) is 2. The monoisotopic (exact) mass is 197 g/mol. The predicted octanol–water partition coefficient (Wildman–Crippen LogP) is 2.80. The zero-order valence-electron chi connectivity index (χ0n) is 9.08. The van der Waals surface area contributed by atoms with Gasteiger partial charge < -0.3 is 4.74 Å². The molecule has 1 atom stereocenters. The number of hydrogen-bond donors (Lipinski definition) is 0. The van der Waals surface area contributed by atoms with Gasteiger partial charge in [0, 0.05) is 0 Å². The molecule has 0 rings (SSSR count). The molecule has 0 aromatic heterocycles. The van der Waals surface area contributed by atoms with Crippen LogP contribution in [0, 0.1) is 11.3 Å². The largest absolute Gasteiger partial charge is 0.462 e. The van der Waals surface area contributed by atoms with Crippen molar-refractivity contribution in [2.45, 2.75) is 58.5 Å². The molecular weight excluding hydrogens is 178 g/mol. The van der Waals surface area contributed by atoms with Gasteiger partial charge in [-0.2, -0.15) is 5.26 Å². The summed E-state index contributed by atoms with van der Waals surface area (Å²) in [6.45, 7) is 4.14. The van der Waals surface area contributed by atoms with E-state index in [9.17, 15) is 4.79 Å². The number of nitrogens with zero attached hydrogens (tertiary/aromatic N) is 1. The first-order chi connectivity index (χ1) is 6.74. The highest BCUT2D eigenvalue weighted by Gasteiger charge is 2.11. The Hall–Kier alpha value is -1.04. The quantitative estimate of drug-likeness (QED) is 0.466. The van der Waals surface area contributed by atoms with E-state index in [-0.39, 0.29) is 12.5 Å². The average Bonchev–Trinajstić information content (AvgIpc) is 2.17. The van der Waals surface area contributed by atoms with E-state index in [0.29, 0.717) is 0 Å². The third kappa shape index (κ3) is 6.47. The Labute approximate surface area is 86.1 Å². The van der Waals surface area contributed by atoms with Gasteiger partial charge in [0.1, 0.15) is 12.5 Å². The molecule has 0 aliphatic heterocycles. The van der Waals surface area contributed by atoms with Gasteiger partial charge in [-0.15, -0.1) is 0 Å². The zero-order chi connectivity index (χ0) is 10.8. The Morgan fingerprint density at radius 1 is 1.43 bits per heavy atom. The fourth-order valence-corrected chi connectivity index (χ4v) is 1.26. The van der Waals surface area contributed by atoms with Crippen LogP contribution >= 0.6 is 0 Å². The Morgan fingerprint density at radius 3 is 2.64 bits per heavy atom. The maximum Gasteiger partial charge on any atom is 0.320 e. The molecule has 3 nitrogen and oxygen atoms in total. The van der Waals surface area contributed by atoms with Gasteiger partial charge in [0.2, 0.25) is 0 Å². The van der Waals surface area contributed by atoms with Crippen LogP contribution in [-0.4, -0.2) is 12.1 Å². The number of rotatable bonds is 7. The Balaban J connectivity index is 3.68. The number of esters is 1. The van der Waals surface area contributed by atoms with Crippen LogP contribution in [0.3, 0.4) is 0 Å². The molecule has 80 valence electrons. The van der Waals surface area contributed by atoms with E-state index >= 15 is 0 Å². The van der Waals surface area contributed by atoms with Gasteiger partial charge in [-0.1, -0.05) is 26.7 Å². The van der Waals surface area contributed by atoms with Gasteiger partial charge in [-0.05, 0) is 19.3 Å². The summed E-state index contributed by atoms with van der Waals surface area (Å²) >= 11 is 0. The summed E-state index contributed by atoms with van der Waals surface area (Å²) in [5.74, 6) is -0.393. The second-order valence-electron chi connectivity index (χ2n) is 3.35. The van der Waals surface area contributed by atoms with Crippen molar-refractivity contribution in [2.75, 3.05) is 0 Å². The summed E-state index contributed by atoms with van der Waals surface area (Å²) in [5, 5.41) is 8.29. The fraction of sp³-hybridized carbons (Fsp3) is 0.818. The lowest BCUT2D eigenvalue weighted by Crippen LogP contribution is -2.16. The van der Waals surface area contributed by atoms with Crippen molar-refractivity contribution in [3.05, 3.63) is 0 Å². The molecule has 0 aromatic rings. The van der Waals surface area contributed by atoms with Crippen LogP contribution in [-0.2, 0) is 9.53 Å². The van der Waals surface area contributed by atoms with Crippen LogP contribution in [0.5, 0.6) is 0 Å². The third-order valence-electron chi connectivity index (χ3n) is 2.11. The first-order valence-corrected chi connectivity index (χ1v) is 5.31. The number of carbonyl (C=O) groups excluding carboxylic acids is 1. The van der Waals surface area contributed by atoms with Crippen molar-refractivity contribution in [1.82, 2.24) is 0 Å². The van der Waals surface area contributed by atoms with E-state index in [1.165, 1.54) is 12.8 Å². The zero-order valence-corrected chi connectivity index (χ0v) is 9.08. The highest BCUT2D eigenvalue weighted by atomic mass is 16.5. The minimum absolute atomic E-state index is 0.00222. The van der Waals surface area contributed by atoms with Crippen molar-refractivity contribution < 1.29 is 9.53 Å². The number of hydrogen-bond acceptors (Lipinski definition) is 3. The summed E-state index contributed by atoms with van der Waals surface area (Å²) in [6.07, 6.45) is 5.05. The molecule has 14 heavy (non-hydrogen) atoms. The summed E-state index contributed by atoms with van der Waals surface area (Å²) in [6, 6.07) is 1.79. The first-order valence-electron chi connectivity index (χ1n) is 5.31. The van der Waals surface area contributed by atoms with Gasteiger partial charge in [0.25, 0.3) is 0 Å². The normalized spacial score (nSPS) is 11.8. The molecule has 0 spiro atoms. The first kappa shape index (κ1) is 13.0. The maximum absolute atomic E-state index is 11.0. The molecule has 0 radical (unpaired) electrons. The van der Waals surface area contributed by atoms with Crippen molar-refractivity contribution in [2.24, 2.45) is 0 Å². The minimum atomic E-state index is -0.393. The molecule has 0 bridgehead atoms. The maximum atomic E-state index is 11.0. The van der Waals surface area contributed by atoms with Crippen LogP contribution in [0.1, 0.15) is 52.4 Å². The van der Waals surface area contributed by atoms with Crippen molar-refractivity contribution in [1.29, 1.82) is 5.26 Å². The average molecular weight is 197 g/mol. The summed E-state index contributed by atoms with van der Waals surface area (Å²) in [5.41, 5.74) is 0.